The first-order valence-electron chi connectivity index (χ1n) is 4.98. The number of nitrogens with one attached hydrogen (secondary N) is 1. The molecule has 0 fully saturated rings. The van der Waals surface area contributed by atoms with Gasteiger partial charge < -0.3 is 10.8 Å². The highest BCUT2D eigenvalue weighted by molar-refractivity contribution is 9.10. The van der Waals surface area contributed by atoms with Gasteiger partial charge in [-0.05, 0) is 28.5 Å². The van der Waals surface area contributed by atoms with Gasteiger partial charge in [0.2, 0.25) is 11.5 Å². The molecule has 2 rings (SSSR count). The van der Waals surface area contributed by atoms with Crippen molar-refractivity contribution in [3.8, 4) is 5.75 Å². The van der Waals surface area contributed by atoms with E-state index in [0.29, 0.717) is 5.56 Å². The maximum Gasteiger partial charge on any atom is 0.297 e. The summed E-state index contributed by atoms with van der Waals surface area (Å²) in [5.41, 5.74) is 7.80. The Labute approximate surface area is 115 Å². The largest absolute Gasteiger partial charge is 0.507 e. The molecule has 1 aromatic heterocycles. The number of hydrogen-bond acceptors (Lipinski definition) is 7. The third-order valence-electron chi connectivity index (χ3n) is 2.09. The number of hydrazone groups is 1. The highest BCUT2D eigenvalue weighted by Crippen LogP contribution is 2.19. The van der Waals surface area contributed by atoms with Gasteiger partial charge >= 0.3 is 0 Å². The lowest BCUT2D eigenvalue weighted by molar-refractivity contribution is 0.0946. The van der Waals surface area contributed by atoms with Gasteiger partial charge in [-0.15, -0.1) is 0 Å². The lowest BCUT2D eigenvalue weighted by atomic mass is 10.2. The van der Waals surface area contributed by atoms with Crippen molar-refractivity contribution >= 4 is 33.9 Å². The van der Waals surface area contributed by atoms with Gasteiger partial charge in [-0.3, -0.25) is 4.79 Å². The summed E-state index contributed by atoms with van der Waals surface area (Å²) in [6.45, 7) is 0. The highest BCUT2D eigenvalue weighted by atomic mass is 79.9. The number of nitrogens with zero attached hydrogens (tertiary/aromatic N) is 3. The van der Waals surface area contributed by atoms with Crippen LogP contribution in [0.5, 0.6) is 5.75 Å². The summed E-state index contributed by atoms with van der Waals surface area (Å²) < 4.78 is 5.05. The maximum atomic E-state index is 11.5. The minimum Gasteiger partial charge on any atom is -0.507 e. The van der Waals surface area contributed by atoms with Crippen LogP contribution in [0.4, 0.5) is 5.82 Å². The first kappa shape index (κ1) is 13.0. The summed E-state index contributed by atoms with van der Waals surface area (Å²) in [6, 6.07) is 4.80. The second-order valence-corrected chi connectivity index (χ2v) is 4.32. The van der Waals surface area contributed by atoms with Gasteiger partial charge in [0.05, 0.1) is 6.21 Å². The summed E-state index contributed by atoms with van der Waals surface area (Å²) in [6.07, 6.45) is 1.28. The van der Waals surface area contributed by atoms with Gasteiger partial charge in [0.25, 0.3) is 5.91 Å². The molecule has 0 aliphatic heterocycles. The molecule has 0 atom stereocenters. The van der Waals surface area contributed by atoms with Crippen LogP contribution in [-0.2, 0) is 0 Å². The zero-order valence-electron chi connectivity index (χ0n) is 9.37. The van der Waals surface area contributed by atoms with Crippen molar-refractivity contribution in [1.29, 1.82) is 0 Å². The molecule has 1 heterocycles. The van der Waals surface area contributed by atoms with Crippen molar-refractivity contribution in [1.82, 2.24) is 15.7 Å². The molecule has 0 bridgehead atoms. The van der Waals surface area contributed by atoms with E-state index in [9.17, 15) is 9.90 Å². The number of phenols is 1. The van der Waals surface area contributed by atoms with E-state index in [1.54, 1.807) is 12.1 Å². The number of aromatic hydroxyl groups is 1. The first-order valence-corrected chi connectivity index (χ1v) is 5.77. The lowest BCUT2D eigenvalue weighted by Gasteiger charge is -1.99. The van der Waals surface area contributed by atoms with Gasteiger partial charge in [0, 0.05) is 10.0 Å². The summed E-state index contributed by atoms with van der Waals surface area (Å²) >= 11 is 3.25. The van der Waals surface area contributed by atoms with Crippen molar-refractivity contribution in [2.24, 2.45) is 5.10 Å². The third-order valence-corrected chi connectivity index (χ3v) is 2.58. The number of rotatable bonds is 3. The SMILES string of the molecule is Nc1nonc1C(=O)NN=Cc1cc(Br)ccc1O. The Morgan fingerprint density at radius 3 is 3.00 bits per heavy atom. The number of benzene rings is 1. The smallest absolute Gasteiger partial charge is 0.297 e. The minimum absolute atomic E-state index is 0.0313. The molecule has 8 nitrogen and oxygen atoms in total. The summed E-state index contributed by atoms with van der Waals surface area (Å²) in [7, 11) is 0. The van der Waals surface area contributed by atoms with Gasteiger partial charge in [0.15, 0.2) is 0 Å². The van der Waals surface area contributed by atoms with Crippen molar-refractivity contribution in [3.63, 3.8) is 0 Å². The van der Waals surface area contributed by atoms with E-state index in [1.807, 2.05) is 0 Å². The average Bonchev–Trinajstić information content (AvgIpc) is 2.80. The number of aromatic nitrogens is 2. The van der Waals surface area contributed by atoms with E-state index >= 15 is 0 Å². The van der Waals surface area contributed by atoms with Crippen molar-refractivity contribution in [2.75, 3.05) is 5.73 Å². The number of phenolic OH excluding ortho intramolecular Hbond substituents is 1. The van der Waals surface area contributed by atoms with Crippen molar-refractivity contribution in [2.45, 2.75) is 0 Å². The first-order chi connectivity index (χ1) is 9.08. The molecule has 19 heavy (non-hydrogen) atoms. The van der Waals surface area contributed by atoms with Crippen LogP contribution in [-0.4, -0.2) is 27.5 Å². The second kappa shape index (κ2) is 5.48. The number of carbonyl (C=O) groups excluding carboxylic acids is 1. The molecule has 0 radical (unpaired) electrons. The quantitative estimate of drug-likeness (QED) is 0.568. The van der Waals surface area contributed by atoms with Crippen molar-refractivity contribution in [3.05, 3.63) is 33.9 Å². The fraction of sp³-hybridized carbons (Fsp3) is 0. The number of halogens is 1. The van der Waals surface area contributed by atoms with Crippen LogP contribution in [0.25, 0.3) is 0 Å². The fourth-order valence-electron chi connectivity index (χ4n) is 1.20. The van der Waals surface area contributed by atoms with Crippen LogP contribution in [0.2, 0.25) is 0 Å². The Morgan fingerprint density at radius 1 is 1.53 bits per heavy atom. The van der Waals surface area contributed by atoms with Crippen molar-refractivity contribution < 1.29 is 14.5 Å². The minimum atomic E-state index is -0.663. The Kier molecular flexibility index (Phi) is 3.76. The standard InChI is InChI=1S/C10H8BrN5O3/c11-6-1-2-7(17)5(3-6)4-13-14-10(18)8-9(12)16-19-15-8/h1-4,17H,(H2,12,16)(H,14,18). The molecule has 0 saturated heterocycles. The molecular weight excluding hydrogens is 318 g/mol. The number of amides is 1. The van der Waals surface area contributed by atoms with E-state index in [1.165, 1.54) is 12.3 Å². The predicted octanol–water partition coefficient (Wildman–Crippen LogP) is 0.884. The molecule has 2 aromatic rings. The van der Waals surface area contributed by atoms with Gasteiger partial charge in [-0.1, -0.05) is 15.9 Å². The molecule has 1 amide bonds. The number of anilines is 1. The van der Waals surface area contributed by atoms with Crippen LogP contribution >= 0.6 is 15.9 Å². The normalized spacial score (nSPS) is 10.8. The van der Waals surface area contributed by atoms with Crippen LogP contribution in [0.15, 0.2) is 32.4 Å². The predicted molar refractivity (Wildman–Crippen MR) is 69.6 cm³/mol. The number of nitrogens with two attached hydrogens (primary N) is 1. The fourth-order valence-corrected chi connectivity index (χ4v) is 1.57. The van der Waals surface area contributed by atoms with Crippen LogP contribution < -0.4 is 11.2 Å². The average molecular weight is 326 g/mol. The van der Waals surface area contributed by atoms with Crippen LogP contribution in [0, 0.1) is 0 Å². The van der Waals surface area contributed by atoms with E-state index < -0.39 is 5.91 Å². The Hall–Kier alpha value is -2.42. The zero-order chi connectivity index (χ0) is 13.8. The number of carbonyl (C=O) groups is 1. The second-order valence-electron chi connectivity index (χ2n) is 3.40. The van der Waals surface area contributed by atoms with Crippen LogP contribution in [0.3, 0.4) is 0 Å². The van der Waals surface area contributed by atoms with E-state index in [4.69, 9.17) is 5.73 Å². The molecule has 98 valence electrons. The molecule has 0 aliphatic carbocycles. The molecule has 0 aliphatic rings. The Bertz CT molecular complexity index is 640. The summed E-state index contributed by atoms with van der Waals surface area (Å²) in [4.78, 5) is 11.5. The van der Waals surface area contributed by atoms with Gasteiger partial charge in [0.1, 0.15) is 5.75 Å². The Balaban J connectivity index is 2.06. The molecule has 1 aromatic carbocycles. The summed E-state index contributed by atoms with van der Waals surface area (Å²) in [5.74, 6) is -0.758. The van der Waals surface area contributed by atoms with E-state index in [-0.39, 0.29) is 17.3 Å². The maximum absolute atomic E-state index is 11.5. The molecule has 4 N–H and O–H groups in total. The van der Waals surface area contributed by atoms with Gasteiger partial charge in [-0.25, -0.2) is 10.1 Å². The summed E-state index contributed by atoms with van der Waals surface area (Å²) in [5, 5.41) is 19.8. The van der Waals surface area contributed by atoms with Crippen LogP contribution in [0.1, 0.15) is 16.1 Å². The van der Waals surface area contributed by atoms with Gasteiger partial charge in [-0.2, -0.15) is 5.10 Å². The number of hydrogen-bond donors (Lipinski definition) is 3. The van der Waals surface area contributed by atoms with E-state index in [0.717, 1.165) is 4.47 Å². The Morgan fingerprint density at radius 2 is 2.32 bits per heavy atom. The molecule has 0 unspecified atom stereocenters. The number of nitrogen functional groups attached to an aromatic ring is 1. The topological polar surface area (TPSA) is 127 Å². The zero-order valence-corrected chi connectivity index (χ0v) is 11.0. The molecule has 0 saturated carbocycles. The lowest BCUT2D eigenvalue weighted by Crippen LogP contribution is -2.19. The monoisotopic (exact) mass is 325 g/mol. The molecular formula is C10H8BrN5O3. The highest BCUT2D eigenvalue weighted by Gasteiger charge is 2.14. The molecule has 9 heteroatoms. The third kappa shape index (κ3) is 3.07. The van der Waals surface area contributed by atoms with E-state index in [2.05, 4.69) is 41.4 Å². The molecule has 0 spiro atoms.